The van der Waals surface area contributed by atoms with Gasteiger partial charge in [0.1, 0.15) is 11.7 Å². The maximum Gasteiger partial charge on any atom is 0.133 e. The van der Waals surface area contributed by atoms with Gasteiger partial charge in [-0.15, -0.1) is 0 Å². The van der Waals surface area contributed by atoms with Crippen molar-refractivity contribution in [1.82, 2.24) is 0 Å². The van der Waals surface area contributed by atoms with Crippen LogP contribution in [0.3, 0.4) is 0 Å². The zero-order valence-electron chi connectivity index (χ0n) is 9.45. The molecule has 3 rings (SSSR count). The molecule has 1 heterocycles. The average molecular weight is 261 g/mol. The number of hydrogen-bond acceptors (Lipinski definition) is 1. The van der Waals surface area contributed by atoms with Gasteiger partial charge in [-0.25, -0.2) is 4.39 Å². The number of nitrogens with one attached hydrogen (secondary N) is 1. The molecule has 0 saturated carbocycles. The fourth-order valence-corrected chi connectivity index (χ4v) is 2.40. The van der Waals surface area contributed by atoms with E-state index in [0.29, 0.717) is 23.1 Å². The molecule has 4 heteroatoms. The lowest BCUT2D eigenvalue weighted by molar-refractivity contribution is 0.627. The summed E-state index contributed by atoms with van der Waals surface area (Å²) in [6, 6.07) is 11.9. The largest absolute Gasteiger partial charge is 0.320 e. The monoisotopic (exact) mass is 260 g/mol. The molecular formula is C14H10ClFN2. The average Bonchev–Trinajstić information content (AvgIpc) is 2.71. The minimum Gasteiger partial charge on any atom is -0.320 e. The third kappa shape index (κ3) is 1.68. The van der Waals surface area contributed by atoms with Crippen LogP contribution in [-0.4, -0.2) is 5.84 Å². The first-order valence-electron chi connectivity index (χ1n) is 5.56. The number of fused-ring (bicyclic) bond motifs is 1. The zero-order valence-corrected chi connectivity index (χ0v) is 10.2. The molecule has 0 spiro atoms. The highest BCUT2D eigenvalue weighted by molar-refractivity contribution is 6.34. The molecule has 2 aromatic rings. The summed E-state index contributed by atoms with van der Waals surface area (Å²) in [4.78, 5) is 1.72. The van der Waals surface area contributed by atoms with E-state index in [1.165, 1.54) is 18.2 Å². The first-order valence-corrected chi connectivity index (χ1v) is 5.94. The maximum absolute atomic E-state index is 13.3. The van der Waals surface area contributed by atoms with Gasteiger partial charge < -0.3 is 4.90 Å². The predicted octanol–water partition coefficient (Wildman–Crippen LogP) is 3.82. The van der Waals surface area contributed by atoms with Crippen molar-refractivity contribution >= 4 is 23.1 Å². The third-order valence-electron chi connectivity index (χ3n) is 3.07. The topological polar surface area (TPSA) is 27.1 Å². The van der Waals surface area contributed by atoms with Crippen molar-refractivity contribution in [1.29, 1.82) is 5.41 Å². The molecule has 0 aromatic heterocycles. The number of anilines is 1. The van der Waals surface area contributed by atoms with E-state index in [2.05, 4.69) is 0 Å². The first-order chi connectivity index (χ1) is 8.66. The van der Waals surface area contributed by atoms with E-state index < -0.39 is 0 Å². The van der Waals surface area contributed by atoms with Crippen LogP contribution in [0.5, 0.6) is 0 Å². The van der Waals surface area contributed by atoms with E-state index in [1.54, 1.807) is 4.90 Å². The summed E-state index contributed by atoms with van der Waals surface area (Å²) in [5.41, 5.74) is 2.47. The van der Waals surface area contributed by atoms with Gasteiger partial charge in [0.2, 0.25) is 0 Å². The molecule has 0 saturated heterocycles. The van der Waals surface area contributed by atoms with Crippen molar-refractivity contribution < 1.29 is 4.39 Å². The molecule has 0 fully saturated rings. The van der Waals surface area contributed by atoms with Crippen LogP contribution < -0.4 is 4.90 Å². The molecule has 90 valence electrons. The minimum atomic E-state index is -0.349. The Bertz CT molecular complexity index is 639. The van der Waals surface area contributed by atoms with E-state index >= 15 is 0 Å². The molecule has 0 atom stereocenters. The van der Waals surface area contributed by atoms with Crippen LogP contribution in [-0.2, 0) is 6.54 Å². The Morgan fingerprint density at radius 2 is 1.94 bits per heavy atom. The van der Waals surface area contributed by atoms with Gasteiger partial charge in [-0.1, -0.05) is 35.9 Å². The van der Waals surface area contributed by atoms with Gasteiger partial charge in [-0.2, -0.15) is 0 Å². The molecule has 0 unspecified atom stereocenters. The summed E-state index contributed by atoms with van der Waals surface area (Å²) in [6.45, 7) is 0.554. The van der Waals surface area contributed by atoms with Crippen molar-refractivity contribution in [2.75, 3.05) is 4.90 Å². The lowest BCUT2D eigenvalue weighted by atomic mass is 10.1. The second-order valence-corrected chi connectivity index (χ2v) is 4.59. The Morgan fingerprint density at radius 3 is 2.72 bits per heavy atom. The van der Waals surface area contributed by atoms with Crippen LogP contribution in [0.25, 0.3) is 0 Å². The second kappa shape index (κ2) is 4.10. The number of halogens is 2. The number of benzene rings is 2. The quantitative estimate of drug-likeness (QED) is 0.829. The minimum absolute atomic E-state index is 0.349. The zero-order chi connectivity index (χ0) is 12.7. The van der Waals surface area contributed by atoms with Gasteiger partial charge in [0.15, 0.2) is 0 Å². The van der Waals surface area contributed by atoms with Crippen LogP contribution >= 0.6 is 11.6 Å². The Morgan fingerprint density at radius 1 is 1.17 bits per heavy atom. The van der Waals surface area contributed by atoms with Crippen molar-refractivity contribution in [2.45, 2.75) is 6.54 Å². The van der Waals surface area contributed by atoms with Crippen LogP contribution in [0.2, 0.25) is 5.02 Å². The van der Waals surface area contributed by atoms with Crippen LogP contribution in [0, 0.1) is 11.2 Å². The Kier molecular flexibility index (Phi) is 2.56. The standard InChI is InChI=1S/C14H10ClFN2/c15-12-6-5-10(16)7-13(12)18-8-9-3-1-2-4-11(9)14(18)17/h1-7,17H,8H2. The van der Waals surface area contributed by atoms with Crippen molar-refractivity contribution in [3.8, 4) is 0 Å². The van der Waals surface area contributed by atoms with Gasteiger partial charge in [0, 0.05) is 5.56 Å². The van der Waals surface area contributed by atoms with Crippen LogP contribution in [0.1, 0.15) is 11.1 Å². The van der Waals surface area contributed by atoms with Crippen molar-refractivity contribution in [3.05, 3.63) is 64.4 Å². The van der Waals surface area contributed by atoms with E-state index in [1.807, 2.05) is 24.3 Å². The first kappa shape index (κ1) is 11.2. The summed E-state index contributed by atoms with van der Waals surface area (Å²) in [7, 11) is 0. The highest BCUT2D eigenvalue weighted by Gasteiger charge is 2.26. The fourth-order valence-electron chi connectivity index (χ4n) is 2.18. The number of rotatable bonds is 1. The molecule has 18 heavy (non-hydrogen) atoms. The van der Waals surface area contributed by atoms with E-state index in [4.69, 9.17) is 17.0 Å². The molecule has 0 bridgehead atoms. The summed E-state index contributed by atoms with van der Waals surface area (Å²) < 4.78 is 13.3. The second-order valence-electron chi connectivity index (χ2n) is 4.19. The molecule has 1 N–H and O–H groups in total. The molecule has 0 radical (unpaired) electrons. The van der Waals surface area contributed by atoms with E-state index in [0.717, 1.165) is 11.1 Å². The van der Waals surface area contributed by atoms with Crippen molar-refractivity contribution in [3.63, 3.8) is 0 Å². The highest BCUT2D eigenvalue weighted by Crippen LogP contribution is 2.33. The van der Waals surface area contributed by atoms with Crippen LogP contribution in [0.4, 0.5) is 10.1 Å². The Labute approximate surface area is 109 Å². The van der Waals surface area contributed by atoms with Gasteiger partial charge >= 0.3 is 0 Å². The summed E-state index contributed by atoms with van der Waals surface area (Å²) in [5.74, 6) is 0.0104. The number of nitrogens with zero attached hydrogens (tertiary/aromatic N) is 1. The van der Waals surface area contributed by atoms with Gasteiger partial charge in [0.05, 0.1) is 17.3 Å². The molecule has 1 aliphatic rings. The summed E-state index contributed by atoms with van der Waals surface area (Å²) in [6.07, 6.45) is 0. The van der Waals surface area contributed by atoms with Gasteiger partial charge in [-0.05, 0) is 23.8 Å². The van der Waals surface area contributed by atoms with Gasteiger partial charge in [0.25, 0.3) is 0 Å². The normalized spacial score (nSPS) is 13.9. The Balaban J connectivity index is 2.06. The number of hydrogen-bond donors (Lipinski definition) is 1. The molecular weight excluding hydrogens is 251 g/mol. The predicted molar refractivity (Wildman–Crippen MR) is 70.9 cm³/mol. The Hall–Kier alpha value is -1.87. The molecule has 0 amide bonds. The molecule has 0 aliphatic carbocycles. The smallest absolute Gasteiger partial charge is 0.133 e. The molecule has 2 nitrogen and oxygen atoms in total. The van der Waals surface area contributed by atoms with E-state index in [9.17, 15) is 4.39 Å². The molecule has 2 aromatic carbocycles. The maximum atomic E-state index is 13.3. The fraction of sp³-hybridized carbons (Fsp3) is 0.0714. The SMILES string of the molecule is N=C1c2ccccc2CN1c1cc(F)ccc1Cl. The summed E-state index contributed by atoms with van der Waals surface area (Å²) in [5, 5.41) is 8.59. The lowest BCUT2D eigenvalue weighted by Crippen LogP contribution is -2.23. The van der Waals surface area contributed by atoms with Gasteiger partial charge in [-0.3, -0.25) is 5.41 Å². The van der Waals surface area contributed by atoms with Crippen LogP contribution in [0.15, 0.2) is 42.5 Å². The van der Waals surface area contributed by atoms with E-state index in [-0.39, 0.29) is 5.82 Å². The number of amidine groups is 1. The summed E-state index contributed by atoms with van der Waals surface area (Å²) >= 11 is 6.08. The third-order valence-corrected chi connectivity index (χ3v) is 3.39. The highest BCUT2D eigenvalue weighted by atomic mass is 35.5. The van der Waals surface area contributed by atoms with Crippen molar-refractivity contribution in [2.24, 2.45) is 0 Å². The molecule has 1 aliphatic heterocycles. The lowest BCUT2D eigenvalue weighted by Gasteiger charge is -2.19.